The normalized spacial score (nSPS) is 10.0. The second-order valence-electron chi connectivity index (χ2n) is 4.21. The van der Waals surface area contributed by atoms with E-state index in [2.05, 4.69) is 5.32 Å². The molecular weight excluding hydrogens is 262 g/mol. The molecule has 19 heavy (non-hydrogen) atoms. The Morgan fingerprint density at radius 3 is 2.68 bits per heavy atom. The van der Waals surface area contributed by atoms with E-state index in [1.54, 1.807) is 42.5 Å². The van der Waals surface area contributed by atoms with Gasteiger partial charge in [0.25, 0.3) is 5.91 Å². The molecule has 1 amide bonds. The Labute approximate surface area is 116 Å². The van der Waals surface area contributed by atoms with Crippen molar-refractivity contribution in [1.82, 2.24) is 0 Å². The number of amides is 1. The van der Waals surface area contributed by atoms with Crippen molar-refractivity contribution in [3.63, 3.8) is 0 Å². The molecule has 2 aromatic carbocycles. The van der Waals surface area contributed by atoms with E-state index in [0.717, 1.165) is 11.8 Å². The van der Waals surface area contributed by atoms with Gasteiger partial charge in [0, 0.05) is 21.8 Å². The summed E-state index contributed by atoms with van der Waals surface area (Å²) < 4.78 is 0. The van der Waals surface area contributed by atoms with E-state index in [1.165, 1.54) is 0 Å². The van der Waals surface area contributed by atoms with Crippen LogP contribution in [0.3, 0.4) is 0 Å². The lowest BCUT2D eigenvalue weighted by Gasteiger charge is -2.07. The summed E-state index contributed by atoms with van der Waals surface area (Å²) in [5, 5.41) is 3.25. The summed E-state index contributed by atoms with van der Waals surface area (Å²) in [7, 11) is 0. The Hall–Kier alpha value is -2.13. The van der Waals surface area contributed by atoms with Crippen LogP contribution in [-0.4, -0.2) is 12.2 Å². The fraction of sp³-hybridized carbons (Fsp3) is 0.0667. The Kier molecular flexibility index (Phi) is 3.97. The van der Waals surface area contributed by atoms with E-state index in [9.17, 15) is 9.59 Å². The predicted octanol–water partition coefficient (Wildman–Crippen LogP) is 3.71. The molecule has 2 rings (SSSR count). The van der Waals surface area contributed by atoms with Crippen LogP contribution in [0.5, 0.6) is 0 Å². The van der Waals surface area contributed by atoms with Crippen molar-refractivity contribution in [1.29, 1.82) is 0 Å². The second kappa shape index (κ2) is 5.67. The average molecular weight is 274 g/mol. The number of hydrogen-bond acceptors (Lipinski definition) is 2. The van der Waals surface area contributed by atoms with Crippen molar-refractivity contribution in [3.8, 4) is 0 Å². The topological polar surface area (TPSA) is 46.2 Å². The van der Waals surface area contributed by atoms with Gasteiger partial charge in [-0.25, -0.2) is 0 Å². The average Bonchev–Trinajstić information content (AvgIpc) is 2.37. The van der Waals surface area contributed by atoms with Gasteiger partial charge in [0.05, 0.1) is 0 Å². The van der Waals surface area contributed by atoms with Crippen LogP contribution >= 0.6 is 11.6 Å². The lowest BCUT2D eigenvalue weighted by molar-refractivity contribution is 0.102. The van der Waals surface area contributed by atoms with E-state index < -0.39 is 0 Å². The van der Waals surface area contributed by atoms with Crippen LogP contribution in [0.4, 0.5) is 5.69 Å². The molecule has 0 aliphatic carbocycles. The third-order valence-electron chi connectivity index (χ3n) is 2.58. The Morgan fingerprint density at radius 2 is 2.00 bits per heavy atom. The first-order valence-corrected chi connectivity index (χ1v) is 6.10. The molecule has 0 heterocycles. The molecule has 0 aliphatic rings. The summed E-state index contributed by atoms with van der Waals surface area (Å²) in [4.78, 5) is 22.7. The summed E-state index contributed by atoms with van der Waals surface area (Å²) in [6, 6.07) is 11.9. The fourth-order valence-electron chi connectivity index (χ4n) is 1.76. The van der Waals surface area contributed by atoms with Gasteiger partial charge in [0.1, 0.15) is 6.29 Å². The van der Waals surface area contributed by atoms with E-state index in [0.29, 0.717) is 21.8 Å². The van der Waals surface area contributed by atoms with Gasteiger partial charge < -0.3 is 5.32 Å². The molecule has 0 spiro atoms. The number of halogens is 1. The summed E-state index contributed by atoms with van der Waals surface area (Å²) >= 11 is 5.92. The highest BCUT2D eigenvalue weighted by atomic mass is 35.5. The number of aryl methyl sites for hydroxylation is 1. The SMILES string of the molecule is Cc1cc(Cl)cc(C(=O)Nc2cccc(C=O)c2)c1. The van der Waals surface area contributed by atoms with Gasteiger partial charge >= 0.3 is 0 Å². The summed E-state index contributed by atoms with van der Waals surface area (Å²) in [6.07, 6.45) is 0.735. The Balaban J connectivity index is 2.22. The molecule has 0 unspecified atom stereocenters. The van der Waals surface area contributed by atoms with Crippen molar-refractivity contribution in [2.24, 2.45) is 0 Å². The standard InChI is InChI=1S/C15H12ClNO2/c1-10-5-12(8-13(16)6-10)15(19)17-14-4-2-3-11(7-14)9-18/h2-9H,1H3,(H,17,19). The fourth-order valence-corrected chi connectivity index (χ4v) is 2.05. The Bertz CT molecular complexity index is 618. The molecule has 0 aromatic heterocycles. The highest BCUT2D eigenvalue weighted by Gasteiger charge is 2.08. The number of anilines is 1. The largest absolute Gasteiger partial charge is 0.322 e. The van der Waals surface area contributed by atoms with E-state index >= 15 is 0 Å². The van der Waals surface area contributed by atoms with E-state index in [4.69, 9.17) is 11.6 Å². The number of nitrogens with one attached hydrogen (secondary N) is 1. The van der Waals surface area contributed by atoms with Gasteiger partial charge in [0.2, 0.25) is 0 Å². The maximum atomic E-state index is 12.1. The summed E-state index contributed by atoms with van der Waals surface area (Å²) in [5.74, 6) is -0.256. The highest BCUT2D eigenvalue weighted by molar-refractivity contribution is 6.31. The van der Waals surface area contributed by atoms with Crippen LogP contribution < -0.4 is 5.32 Å². The van der Waals surface area contributed by atoms with Crippen LogP contribution in [0.15, 0.2) is 42.5 Å². The predicted molar refractivity (Wildman–Crippen MR) is 76.0 cm³/mol. The number of rotatable bonds is 3. The van der Waals surface area contributed by atoms with Gasteiger partial charge in [-0.2, -0.15) is 0 Å². The van der Waals surface area contributed by atoms with E-state index in [1.807, 2.05) is 6.92 Å². The Morgan fingerprint density at radius 1 is 1.21 bits per heavy atom. The quantitative estimate of drug-likeness (QED) is 0.867. The minimum atomic E-state index is -0.256. The zero-order chi connectivity index (χ0) is 13.8. The van der Waals surface area contributed by atoms with Crippen molar-refractivity contribution >= 4 is 29.5 Å². The molecule has 0 saturated carbocycles. The van der Waals surface area contributed by atoms with E-state index in [-0.39, 0.29) is 5.91 Å². The van der Waals surface area contributed by atoms with Crippen LogP contribution in [0.2, 0.25) is 5.02 Å². The molecule has 0 radical (unpaired) electrons. The maximum absolute atomic E-state index is 12.1. The zero-order valence-electron chi connectivity index (χ0n) is 10.3. The van der Waals surface area contributed by atoms with Crippen LogP contribution in [0.1, 0.15) is 26.3 Å². The summed E-state index contributed by atoms with van der Waals surface area (Å²) in [5.41, 5.74) is 2.49. The van der Waals surface area contributed by atoms with Crippen LogP contribution in [-0.2, 0) is 0 Å². The smallest absolute Gasteiger partial charge is 0.255 e. The van der Waals surface area contributed by atoms with Gasteiger partial charge in [0.15, 0.2) is 0 Å². The molecule has 0 bridgehead atoms. The number of hydrogen-bond donors (Lipinski definition) is 1. The molecule has 0 aliphatic heterocycles. The number of carbonyl (C=O) groups excluding carboxylic acids is 2. The minimum Gasteiger partial charge on any atom is -0.322 e. The van der Waals surface area contributed by atoms with Crippen LogP contribution in [0.25, 0.3) is 0 Å². The highest BCUT2D eigenvalue weighted by Crippen LogP contribution is 2.16. The number of aldehydes is 1. The maximum Gasteiger partial charge on any atom is 0.255 e. The van der Waals surface area contributed by atoms with Crippen molar-refractivity contribution in [3.05, 3.63) is 64.2 Å². The third-order valence-corrected chi connectivity index (χ3v) is 2.80. The number of benzene rings is 2. The molecule has 4 heteroatoms. The first kappa shape index (κ1) is 13.3. The number of carbonyl (C=O) groups is 2. The third kappa shape index (κ3) is 3.42. The lowest BCUT2D eigenvalue weighted by atomic mass is 10.1. The van der Waals surface area contributed by atoms with Crippen molar-refractivity contribution in [2.45, 2.75) is 6.92 Å². The molecule has 3 nitrogen and oxygen atoms in total. The molecule has 0 fully saturated rings. The van der Waals surface area contributed by atoms with Crippen molar-refractivity contribution < 1.29 is 9.59 Å². The molecule has 0 saturated heterocycles. The van der Waals surface area contributed by atoms with Gasteiger partial charge in [-0.1, -0.05) is 23.7 Å². The van der Waals surface area contributed by atoms with Crippen LogP contribution in [0, 0.1) is 6.92 Å². The summed E-state index contributed by atoms with van der Waals surface area (Å²) in [6.45, 7) is 1.87. The monoisotopic (exact) mass is 273 g/mol. The van der Waals surface area contributed by atoms with Gasteiger partial charge in [-0.15, -0.1) is 0 Å². The molecule has 0 atom stereocenters. The minimum absolute atomic E-state index is 0.256. The lowest BCUT2D eigenvalue weighted by Crippen LogP contribution is -2.12. The first-order chi connectivity index (χ1) is 9.08. The van der Waals surface area contributed by atoms with Gasteiger partial charge in [-0.3, -0.25) is 9.59 Å². The van der Waals surface area contributed by atoms with Crippen molar-refractivity contribution in [2.75, 3.05) is 5.32 Å². The molecule has 96 valence electrons. The molecule has 1 N–H and O–H groups in total. The second-order valence-corrected chi connectivity index (χ2v) is 4.65. The first-order valence-electron chi connectivity index (χ1n) is 5.72. The zero-order valence-corrected chi connectivity index (χ0v) is 11.1. The molecule has 2 aromatic rings. The van der Waals surface area contributed by atoms with Gasteiger partial charge in [-0.05, 0) is 42.8 Å². The molecular formula is C15H12ClNO2.